The lowest BCUT2D eigenvalue weighted by molar-refractivity contribution is -0.120. The molecule has 0 aliphatic rings. The molecule has 0 aliphatic heterocycles. The summed E-state index contributed by atoms with van der Waals surface area (Å²) in [6, 6.07) is 7.90. The van der Waals surface area contributed by atoms with Crippen molar-refractivity contribution < 1.29 is 4.79 Å². The van der Waals surface area contributed by atoms with Crippen molar-refractivity contribution in [3.8, 4) is 6.07 Å². The van der Waals surface area contributed by atoms with Gasteiger partial charge in [-0.3, -0.25) is 4.79 Å². The fourth-order valence-electron chi connectivity index (χ4n) is 1.36. The first-order valence-corrected chi connectivity index (χ1v) is 4.83. The summed E-state index contributed by atoms with van der Waals surface area (Å²) < 4.78 is 0. The van der Waals surface area contributed by atoms with Crippen molar-refractivity contribution in [2.45, 2.75) is 20.3 Å². The van der Waals surface area contributed by atoms with E-state index in [1.165, 1.54) is 0 Å². The van der Waals surface area contributed by atoms with E-state index in [2.05, 4.69) is 5.32 Å². The maximum Gasteiger partial charge on any atom is 0.225 e. The first kappa shape index (κ1) is 11.3. The van der Waals surface area contributed by atoms with Crippen LogP contribution in [0.2, 0.25) is 0 Å². The van der Waals surface area contributed by atoms with Gasteiger partial charge in [0.2, 0.25) is 5.91 Å². The number of aryl methyl sites for hydroxylation is 2. The summed E-state index contributed by atoms with van der Waals surface area (Å²) in [6.07, 6.45) is 0.342. The van der Waals surface area contributed by atoms with Gasteiger partial charge in [0.05, 0.1) is 12.5 Å². The summed E-state index contributed by atoms with van der Waals surface area (Å²) in [7, 11) is 0. The molecule has 0 atom stereocenters. The summed E-state index contributed by atoms with van der Waals surface area (Å²) in [6.45, 7) is 4.05. The Morgan fingerprint density at radius 3 is 2.87 bits per heavy atom. The Bertz CT molecular complexity index is 405. The molecular formula is C12H14N2O. The average molecular weight is 202 g/mol. The van der Waals surface area contributed by atoms with E-state index in [4.69, 9.17) is 5.26 Å². The first-order valence-electron chi connectivity index (χ1n) is 4.83. The number of amides is 1. The van der Waals surface area contributed by atoms with Crippen LogP contribution in [0.1, 0.15) is 16.7 Å². The third kappa shape index (κ3) is 3.43. The average Bonchev–Trinajstić information content (AvgIpc) is 2.20. The Morgan fingerprint density at radius 1 is 1.47 bits per heavy atom. The molecule has 1 N–H and O–H groups in total. The maximum absolute atomic E-state index is 11.4. The molecule has 1 aromatic rings. The normalized spacial score (nSPS) is 9.40. The lowest BCUT2D eigenvalue weighted by Crippen LogP contribution is -2.25. The van der Waals surface area contributed by atoms with Crippen LogP contribution in [0.4, 0.5) is 0 Å². The van der Waals surface area contributed by atoms with E-state index in [9.17, 15) is 4.79 Å². The second kappa shape index (κ2) is 5.16. The van der Waals surface area contributed by atoms with E-state index in [0.29, 0.717) is 6.42 Å². The van der Waals surface area contributed by atoms with Crippen LogP contribution < -0.4 is 5.32 Å². The summed E-state index contributed by atoms with van der Waals surface area (Å²) in [4.78, 5) is 11.4. The SMILES string of the molecule is Cc1ccc(C)c(CC(=O)NCC#N)c1. The monoisotopic (exact) mass is 202 g/mol. The fourth-order valence-corrected chi connectivity index (χ4v) is 1.36. The molecule has 0 aliphatic carbocycles. The van der Waals surface area contributed by atoms with Gasteiger partial charge in [0.1, 0.15) is 6.54 Å². The molecule has 1 amide bonds. The quantitative estimate of drug-likeness (QED) is 0.755. The maximum atomic E-state index is 11.4. The van der Waals surface area contributed by atoms with Gasteiger partial charge in [-0.15, -0.1) is 0 Å². The number of carbonyl (C=O) groups is 1. The van der Waals surface area contributed by atoms with Crippen molar-refractivity contribution in [3.63, 3.8) is 0 Å². The van der Waals surface area contributed by atoms with Gasteiger partial charge >= 0.3 is 0 Å². The van der Waals surface area contributed by atoms with Crippen LogP contribution in [0.5, 0.6) is 0 Å². The zero-order chi connectivity index (χ0) is 11.3. The van der Waals surface area contributed by atoms with E-state index < -0.39 is 0 Å². The van der Waals surface area contributed by atoms with E-state index in [1.807, 2.05) is 38.1 Å². The number of carbonyl (C=O) groups excluding carboxylic acids is 1. The van der Waals surface area contributed by atoms with Gasteiger partial charge in [-0.25, -0.2) is 0 Å². The Labute approximate surface area is 89.7 Å². The highest BCUT2D eigenvalue weighted by Crippen LogP contribution is 2.10. The highest BCUT2D eigenvalue weighted by atomic mass is 16.1. The van der Waals surface area contributed by atoms with E-state index in [-0.39, 0.29) is 12.5 Å². The second-order valence-electron chi connectivity index (χ2n) is 3.54. The lowest BCUT2D eigenvalue weighted by Gasteiger charge is -2.06. The minimum Gasteiger partial charge on any atom is -0.343 e. The molecule has 0 heterocycles. The van der Waals surface area contributed by atoms with Crippen LogP contribution in [0.15, 0.2) is 18.2 Å². The van der Waals surface area contributed by atoms with Gasteiger partial charge < -0.3 is 5.32 Å². The van der Waals surface area contributed by atoms with Gasteiger partial charge in [-0.2, -0.15) is 5.26 Å². The molecule has 0 radical (unpaired) electrons. The first-order chi connectivity index (χ1) is 7.13. The lowest BCUT2D eigenvalue weighted by atomic mass is 10.0. The minimum atomic E-state index is -0.106. The highest BCUT2D eigenvalue weighted by molar-refractivity contribution is 5.79. The molecule has 1 aromatic carbocycles. The minimum absolute atomic E-state index is 0.0731. The van der Waals surface area contributed by atoms with Crippen molar-refractivity contribution in [2.75, 3.05) is 6.54 Å². The van der Waals surface area contributed by atoms with Crippen LogP contribution in [0, 0.1) is 25.2 Å². The molecule has 0 spiro atoms. The molecule has 0 aromatic heterocycles. The van der Waals surface area contributed by atoms with Gasteiger partial charge in [0, 0.05) is 0 Å². The molecule has 15 heavy (non-hydrogen) atoms. The Morgan fingerprint density at radius 2 is 2.20 bits per heavy atom. The molecular weight excluding hydrogens is 188 g/mol. The number of nitrogens with zero attached hydrogens (tertiary/aromatic N) is 1. The number of nitrogens with one attached hydrogen (secondary N) is 1. The van der Waals surface area contributed by atoms with Crippen molar-refractivity contribution in [3.05, 3.63) is 34.9 Å². The van der Waals surface area contributed by atoms with E-state index >= 15 is 0 Å². The largest absolute Gasteiger partial charge is 0.343 e. The topological polar surface area (TPSA) is 52.9 Å². The van der Waals surface area contributed by atoms with Crippen LogP contribution in [-0.4, -0.2) is 12.5 Å². The van der Waals surface area contributed by atoms with Crippen LogP contribution >= 0.6 is 0 Å². The molecule has 3 heteroatoms. The van der Waals surface area contributed by atoms with E-state index in [0.717, 1.165) is 16.7 Å². The predicted octanol–water partition coefficient (Wildman–Crippen LogP) is 1.49. The smallest absolute Gasteiger partial charge is 0.225 e. The second-order valence-corrected chi connectivity index (χ2v) is 3.54. The van der Waals surface area contributed by atoms with Crippen LogP contribution in [0.25, 0.3) is 0 Å². The van der Waals surface area contributed by atoms with Gasteiger partial charge in [-0.05, 0) is 25.0 Å². The van der Waals surface area contributed by atoms with Crippen LogP contribution in [0.3, 0.4) is 0 Å². The van der Waals surface area contributed by atoms with Crippen molar-refractivity contribution in [2.24, 2.45) is 0 Å². The zero-order valence-electron chi connectivity index (χ0n) is 9.00. The number of hydrogen-bond donors (Lipinski definition) is 1. The summed E-state index contributed by atoms with van der Waals surface area (Å²) in [5, 5.41) is 10.8. The van der Waals surface area contributed by atoms with Crippen LogP contribution in [-0.2, 0) is 11.2 Å². The summed E-state index contributed by atoms with van der Waals surface area (Å²) in [5.41, 5.74) is 3.27. The predicted molar refractivity (Wildman–Crippen MR) is 58.2 cm³/mol. The standard InChI is InChI=1S/C12H14N2O/c1-9-3-4-10(2)11(7-9)8-12(15)14-6-5-13/h3-4,7H,6,8H2,1-2H3,(H,14,15). The molecule has 0 saturated heterocycles. The molecule has 1 rings (SSSR count). The molecule has 0 unspecified atom stereocenters. The third-order valence-corrected chi connectivity index (χ3v) is 2.22. The Balaban J connectivity index is 2.68. The molecule has 78 valence electrons. The van der Waals surface area contributed by atoms with Gasteiger partial charge in [0.25, 0.3) is 0 Å². The molecule has 0 fully saturated rings. The highest BCUT2D eigenvalue weighted by Gasteiger charge is 2.05. The Hall–Kier alpha value is -1.82. The van der Waals surface area contributed by atoms with Crippen molar-refractivity contribution in [1.82, 2.24) is 5.32 Å². The Kier molecular flexibility index (Phi) is 3.87. The number of nitriles is 1. The van der Waals surface area contributed by atoms with Gasteiger partial charge in [0.15, 0.2) is 0 Å². The number of benzene rings is 1. The number of hydrogen-bond acceptors (Lipinski definition) is 2. The summed E-state index contributed by atoms with van der Waals surface area (Å²) >= 11 is 0. The zero-order valence-corrected chi connectivity index (χ0v) is 9.00. The molecule has 3 nitrogen and oxygen atoms in total. The third-order valence-electron chi connectivity index (χ3n) is 2.22. The molecule has 0 bridgehead atoms. The fraction of sp³-hybridized carbons (Fsp3) is 0.333. The summed E-state index contributed by atoms with van der Waals surface area (Å²) in [5.74, 6) is -0.106. The number of rotatable bonds is 3. The van der Waals surface area contributed by atoms with Gasteiger partial charge in [-0.1, -0.05) is 23.8 Å². The van der Waals surface area contributed by atoms with Crippen molar-refractivity contribution in [1.29, 1.82) is 5.26 Å². The molecule has 0 saturated carbocycles. The van der Waals surface area contributed by atoms with E-state index in [1.54, 1.807) is 0 Å². The van der Waals surface area contributed by atoms with Crippen molar-refractivity contribution >= 4 is 5.91 Å².